The molecule has 3 heteroatoms. The lowest BCUT2D eigenvalue weighted by molar-refractivity contribution is 0.591. The summed E-state index contributed by atoms with van der Waals surface area (Å²) in [6.07, 6.45) is 1.44. The maximum atomic E-state index is 11.4. The predicted molar refractivity (Wildman–Crippen MR) is 61.1 cm³/mol. The summed E-state index contributed by atoms with van der Waals surface area (Å²) in [6, 6.07) is 5.80. The van der Waals surface area contributed by atoms with Crippen molar-refractivity contribution in [3.8, 4) is 0 Å². The molecule has 0 radical (unpaired) electrons. The average Bonchev–Trinajstić information content (AvgIpc) is 2.16. The summed E-state index contributed by atoms with van der Waals surface area (Å²) in [4.78, 5) is 18.2. The van der Waals surface area contributed by atoms with E-state index in [1.165, 1.54) is 11.9 Å². The fourth-order valence-corrected chi connectivity index (χ4v) is 1.54. The summed E-state index contributed by atoms with van der Waals surface area (Å²) in [6.45, 7) is 6.42. The van der Waals surface area contributed by atoms with Crippen LogP contribution < -0.4 is 5.56 Å². The SMILES string of the molecule is CC(C)(C)c1ccc2c(=O)[nH]cnc2c1. The molecule has 2 rings (SSSR count). The molecule has 0 bridgehead atoms. The average molecular weight is 202 g/mol. The van der Waals surface area contributed by atoms with Gasteiger partial charge in [-0.2, -0.15) is 0 Å². The van der Waals surface area contributed by atoms with E-state index in [4.69, 9.17) is 0 Å². The van der Waals surface area contributed by atoms with E-state index in [-0.39, 0.29) is 11.0 Å². The highest BCUT2D eigenvalue weighted by Crippen LogP contribution is 2.23. The van der Waals surface area contributed by atoms with Gasteiger partial charge in [0.05, 0.1) is 17.2 Å². The van der Waals surface area contributed by atoms with Gasteiger partial charge in [0.1, 0.15) is 0 Å². The van der Waals surface area contributed by atoms with Gasteiger partial charge in [-0.05, 0) is 23.1 Å². The zero-order valence-corrected chi connectivity index (χ0v) is 9.16. The zero-order chi connectivity index (χ0) is 11.1. The maximum Gasteiger partial charge on any atom is 0.258 e. The van der Waals surface area contributed by atoms with Gasteiger partial charge in [0, 0.05) is 0 Å². The van der Waals surface area contributed by atoms with Crippen molar-refractivity contribution in [1.29, 1.82) is 0 Å². The molecule has 0 saturated heterocycles. The molecule has 0 saturated carbocycles. The number of fused-ring (bicyclic) bond motifs is 1. The van der Waals surface area contributed by atoms with E-state index >= 15 is 0 Å². The van der Waals surface area contributed by atoms with Crippen LogP contribution in [0.25, 0.3) is 10.9 Å². The number of nitrogens with zero attached hydrogens (tertiary/aromatic N) is 1. The Morgan fingerprint density at radius 3 is 2.67 bits per heavy atom. The van der Waals surface area contributed by atoms with Crippen LogP contribution in [0.3, 0.4) is 0 Å². The van der Waals surface area contributed by atoms with Crippen molar-refractivity contribution in [3.05, 3.63) is 40.4 Å². The van der Waals surface area contributed by atoms with Crippen LogP contribution in [0.2, 0.25) is 0 Å². The highest BCUT2D eigenvalue weighted by atomic mass is 16.1. The van der Waals surface area contributed by atoms with Gasteiger partial charge in [0.25, 0.3) is 5.56 Å². The largest absolute Gasteiger partial charge is 0.313 e. The van der Waals surface area contributed by atoms with Crippen LogP contribution in [0.4, 0.5) is 0 Å². The molecule has 0 aliphatic heterocycles. The van der Waals surface area contributed by atoms with Gasteiger partial charge in [-0.1, -0.05) is 26.8 Å². The van der Waals surface area contributed by atoms with E-state index in [0.717, 1.165) is 5.52 Å². The Hall–Kier alpha value is -1.64. The number of H-pyrrole nitrogens is 1. The lowest BCUT2D eigenvalue weighted by Gasteiger charge is -2.18. The second kappa shape index (κ2) is 3.19. The van der Waals surface area contributed by atoms with Crippen molar-refractivity contribution in [1.82, 2.24) is 9.97 Å². The summed E-state index contributed by atoms with van der Waals surface area (Å²) >= 11 is 0. The topological polar surface area (TPSA) is 45.8 Å². The maximum absolute atomic E-state index is 11.4. The lowest BCUT2D eigenvalue weighted by atomic mass is 9.87. The van der Waals surface area contributed by atoms with Gasteiger partial charge in [0.2, 0.25) is 0 Å². The molecule has 1 heterocycles. The Balaban J connectivity index is 2.73. The first-order chi connectivity index (χ1) is 6.98. The first-order valence-corrected chi connectivity index (χ1v) is 4.96. The summed E-state index contributed by atoms with van der Waals surface area (Å²) < 4.78 is 0. The molecule has 78 valence electrons. The van der Waals surface area contributed by atoms with Crippen LogP contribution in [0.1, 0.15) is 26.3 Å². The number of aromatic amines is 1. The molecular weight excluding hydrogens is 188 g/mol. The first-order valence-electron chi connectivity index (χ1n) is 4.96. The van der Waals surface area contributed by atoms with E-state index in [9.17, 15) is 4.79 Å². The highest BCUT2D eigenvalue weighted by molar-refractivity contribution is 5.78. The summed E-state index contributed by atoms with van der Waals surface area (Å²) in [5.41, 5.74) is 1.94. The van der Waals surface area contributed by atoms with E-state index in [1.807, 2.05) is 18.2 Å². The van der Waals surface area contributed by atoms with Crippen LogP contribution in [0.5, 0.6) is 0 Å². The van der Waals surface area contributed by atoms with Gasteiger partial charge < -0.3 is 4.98 Å². The highest BCUT2D eigenvalue weighted by Gasteiger charge is 2.14. The summed E-state index contributed by atoms with van der Waals surface area (Å²) in [5.74, 6) is 0. The normalized spacial score (nSPS) is 11.9. The second-order valence-corrected chi connectivity index (χ2v) is 4.71. The van der Waals surface area contributed by atoms with Gasteiger partial charge >= 0.3 is 0 Å². The van der Waals surface area contributed by atoms with Crippen LogP contribution in [-0.2, 0) is 5.41 Å². The Morgan fingerprint density at radius 1 is 1.27 bits per heavy atom. The van der Waals surface area contributed by atoms with E-state index < -0.39 is 0 Å². The van der Waals surface area contributed by atoms with Crippen LogP contribution >= 0.6 is 0 Å². The smallest absolute Gasteiger partial charge is 0.258 e. The van der Waals surface area contributed by atoms with Crippen LogP contribution in [0, 0.1) is 0 Å². The Kier molecular flexibility index (Phi) is 2.11. The standard InChI is InChI=1S/C12H14N2O/c1-12(2,3)8-4-5-9-10(6-8)13-7-14-11(9)15/h4-7H,1-3H3,(H,13,14,15). The third-order valence-corrected chi connectivity index (χ3v) is 2.51. The molecule has 0 spiro atoms. The minimum absolute atomic E-state index is 0.0818. The van der Waals surface area contributed by atoms with Crippen LogP contribution in [0.15, 0.2) is 29.3 Å². The second-order valence-electron chi connectivity index (χ2n) is 4.71. The van der Waals surface area contributed by atoms with Crippen LogP contribution in [-0.4, -0.2) is 9.97 Å². The number of aromatic nitrogens is 2. The summed E-state index contributed by atoms with van der Waals surface area (Å²) in [7, 11) is 0. The predicted octanol–water partition coefficient (Wildman–Crippen LogP) is 2.22. The van der Waals surface area contributed by atoms with E-state index in [1.54, 1.807) is 0 Å². The Bertz CT molecular complexity index is 549. The number of hydrogen-bond donors (Lipinski definition) is 1. The van der Waals surface area contributed by atoms with Gasteiger partial charge in [-0.15, -0.1) is 0 Å². The van der Waals surface area contributed by atoms with Crippen molar-refractivity contribution in [3.63, 3.8) is 0 Å². The molecule has 0 atom stereocenters. The van der Waals surface area contributed by atoms with Crippen molar-refractivity contribution < 1.29 is 0 Å². The molecule has 1 N–H and O–H groups in total. The molecule has 0 aliphatic carbocycles. The minimum Gasteiger partial charge on any atom is -0.313 e. The van der Waals surface area contributed by atoms with E-state index in [0.29, 0.717) is 5.39 Å². The Morgan fingerprint density at radius 2 is 2.00 bits per heavy atom. The molecule has 0 fully saturated rings. The first kappa shape index (κ1) is 9.90. The molecule has 0 aliphatic rings. The minimum atomic E-state index is -0.0829. The quantitative estimate of drug-likeness (QED) is 0.712. The third-order valence-electron chi connectivity index (χ3n) is 2.51. The molecule has 1 aromatic heterocycles. The van der Waals surface area contributed by atoms with Crippen molar-refractivity contribution in [2.75, 3.05) is 0 Å². The van der Waals surface area contributed by atoms with Crippen molar-refractivity contribution in [2.24, 2.45) is 0 Å². The van der Waals surface area contributed by atoms with E-state index in [2.05, 4.69) is 30.7 Å². The molecule has 0 amide bonds. The van der Waals surface area contributed by atoms with Gasteiger partial charge in [-0.25, -0.2) is 4.98 Å². The molecule has 15 heavy (non-hydrogen) atoms. The number of nitrogens with one attached hydrogen (secondary N) is 1. The fourth-order valence-electron chi connectivity index (χ4n) is 1.54. The van der Waals surface area contributed by atoms with Crippen molar-refractivity contribution >= 4 is 10.9 Å². The van der Waals surface area contributed by atoms with Crippen molar-refractivity contribution in [2.45, 2.75) is 26.2 Å². The number of hydrogen-bond acceptors (Lipinski definition) is 2. The number of benzene rings is 1. The van der Waals surface area contributed by atoms with Gasteiger partial charge in [-0.3, -0.25) is 4.79 Å². The number of rotatable bonds is 0. The summed E-state index contributed by atoms with van der Waals surface area (Å²) in [5, 5.41) is 0.644. The zero-order valence-electron chi connectivity index (χ0n) is 9.16. The molecular formula is C12H14N2O. The molecule has 0 unspecified atom stereocenters. The molecule has 1 aromatic carbocycles. The lowest BCUT2D eigenvalue weighted by Crippen LogP contribution is -2.12. The monoisotopic (exact) mass is 202 g/mol. The fraction of sp³-hybridized carbons (Fsp3) is 0.333. The van der Waals surface area contributed by atoms with Gasteiger partial charge in [0.15, 0.2) is 0 Å². The molecule has 3 nitrogen and oxygen atoms in total. The third kappa shape index (κ3) is 1.77. The molecule has 2 aromatic rings. The Labute approximate surface area is 88.2 Å².